The van der Waals surface area contributed by atoms with Crippen molar-refractivity contribution in [1.82, 2.24) is 42.1 Å². The molecule has 1 aliphatic rings. The fourth-order valence-corrected chi connectivity index (χ4v) is 10.7. The highest BCUT2D eigenvalue weighted by Crippen LogP contribution is 2.24. The number of aliphatic carboxylic acids is 1. The average molecular weight is 1210 g/mol. The number of hydrogen-bond acceptors (Lipinski definition) is 15. The highest BCUT2D eigenvalue weighted by Gasteiger charge is 2.40. The predicted molar refractivity (Wildman–Crippen MR) is 312 cm³/mol. The highest BCUT2D eigenvalue weighted by atomic mass is 32.3. The highest BCUT2D eigenvalue weighted by molar-refractivity contribution is 7.99. The molecule has 0 spiro atoms. The van der Waals surface area contributed by atoms with Crippen LogP contribution in [0.2, 0.25) is 0 Å². The number of hydrogen-bond donors (Lipinski definition) is 11. The maximum absolute atomic E-state index is 14.7. The Labute approximate surface area is 488 Å². The molecule has 0 aliphatic carbocycles. The van der Waals surface area contributed by atoms with E-state index in [1.807, 2.05) is 6.26 Å². The van der Waals surface area contributed by atoms with Gasteiger partial charge in [-0.15, -0.1) is 15.6 Å². The molecule has 0 saturated carbocycles. The molecule has 0 unspecified atom stereocenters. The fourth-order valence-electron chi connectivity index (χ4n) is 8.67. The molecule has 8 amide bonds. The first-order chi connectivity index (χ1) is 38.5. The van der Waals surface area contributed by atoms with Crippen molar-refractivity contribution < 1.29 is 60.6 Å². The van der Waals surface area contributed by atoms with Crippen molar-refractivity contribution in [3.63, 3.8) is 0 Å². The molecule has 3 rings (SSSR count). The Kier molecular flexibility index (Phi) is 29.1. The van der Waals surface area contributed by atoms with Crippen molar-refractivity contribution in [3.05, 3.63) is 60.2 Å². The zero-order chi connectivity index (χ0) is 61.4. The van der Waals surface area contributed by atoms with E-state index in [0.29, 0.717) is 17.7 Å². The molecule has 0 radical (unpaired) electrons. The van der Waals surface area contributed by atoms with Gasteiger partial charge in [-0.1, -0.05) is 77.9 Å². The van der Waals surface area contributed by atoms with Gasteiger partial charge < -0.3 is 64.4 Å². The van der Waals surface area contributed by atoms with Crippen molar-refractivity contribution in [3.8, 4) is 0 Å². The molecular weight excluding hydrogens is 1120 g/mol. The van der Waals surface area contributed by atoms with E-state index in [4.69, 9.17) is 17.2 Å². The number of nitrogens with two attached hydrogens (primary N) is 3. The van der Waals surface area contributed by atoms with Crippen molar-refractivity contribution >= 4 is 92.9 Å². The largest absolute Gasteiger partial charge is 0.480 e. The van der Waals surface area contributed by atoms with Crippen LogP contribution in [0.5, 0.6) is 0 Å². The summed E-state index contributed by atoms with van der Waals surface area (Å²) in [6.07, 6.45) is 2.63. The number of rotatable bonds is 34. The first kappa shape index (κ1) is 69.7. The van der Waals surface area contributed by atoms with Crippen molar-refractivity contribution in [1.29, 1.82) is 0 Å². The van der Waals surface area contributed by atoms with E-state index in [0.717, 1.165) is 23.9 Å². The summed E-state index contributed by atoms with van der Waals surface area (Å²) in [5, 5.41) is 28.6. The second-order valence-corrected chi connectivity index (χ2v) is 24.7. The lowest BCUT2D eigenvalue weighted by atomic mass is 9.99. The molecule has 2 aromatic carbocycles. The molecule has 24 nitrogen and oxygen atoms in total. The molecule has 1 fully saturated rings. The van der Waals surface area contributed by atoms with Gasteiger partial charge in [0.25, 0.3) is 0 Å². The van der Waals surface area contributed by atoms with Gasteiger partial charge in [-0.3, -0.25) is 43.3 Å². The zero-order valence-corrected chi connectivity index (χ0v) is 50.2. The van der Waals surface area contributed by atoms with E-state index in [-0.39, 0.29) is 92.4 Å². The van der Waals surface area contributed by atoms with Crippen LogP contribution in [-0.2, 0) is 59.8 Å². The number of carbonyl (C=O) groups excluding carboxylic acids is 8. The maximum Gasteiger partial charge on any atom is 0.332 e. The monoisotopic (exact) mass is 1210 g/mol. The van der Waals surface area contributed by atoms with Crippen LogP contribution in [0.1, 0.15) is 99.0 Å². The lowest BCUT2D eigenvalue weighted by molar-refractivity contribution is -0.142. The molecule has 1 aliphatic heterocycles. The first-order valence-corrected chi connectivity index (χ1v) is 31.0. The Bertz CT molecular complexity index is 2650. The Morgan fingerprint density at radius 2 is 1.26 bits per heavy atom. The van der Waals surface area contributed by atoms with Crippen LogP contribution in [0, 0.1) is 17.8 Å². The Balaban J connectivity index is 1.99. The van der Waals surface area contributed by atoms with E-state index < -0.39 is 123 Å². The number of nitrogens with zero attached hydrogens (tertiary/aromatic N) is 2. The van der Waals surface area contributed by atoms with Gasteiger partial charge in [0.2, 0.25) is 47.3 Å². The van der Waals surface area contributed by atoms with Crippen LogP contribution >= 0.6 is 23.5 Å². The second kappa shape index (κ2) is 34.2. The number of likely N-dealkylation sites (tertiary alicyclic amines) is 1. The summed E-state index contributed by atoms with van der Waals surface area (Å²) < 4.78 is 37.9. The Morgan fingerprint density at radius 3 is 1.85 bits per heavy atom. The average Bonchev–Trinajstić information content (AvgIpc) is 3.96. The smallest absolute Gasteiger partial charge is 0.332 e. The van der Waals surface area contributed by atoms with Gasteiger partial charge in [0.1, 0.15) is 48.3 Å². The number of amides is 8. The minimum Gasteiger partial charge on any atom is -0.480 e. The van der Waals surface area contributed by atoms with Gasteiger partial charge in [-0.05, 0) is 105 Å². The first-order valence-electron chi connectivity index (χ1n) is 27.2. The number of aliphatic imine (C=N–C) groups is 1. The molecule has 9 atom stereocenters. The summed E-state index contributed by atoms with van der Waals surface area (Å²) in [5.41, 5.74) is 17.8. The molecule has 1 saturated heterocycles. The second-order valence-electron chi connectivity index (χ2n) is 21.3. The number of nitrogens with one attached hydrogen (secondary N) is 7. The SMILES string of the molecule is CSCC[C@H](NC(=O)[C@@H](N)C(C)C)C(=O)N[C@@H](C)C(=O)N1CCC[C@H]1C(=O)N[C@@H](CCCN=C(N)N)C(=O)N[C@@H](CSc1cccc(S(=O)(=O)F)c1)C(=O)N[C@@H](CC(C)C)C(=O)N[C@@H](Cc1ccccc1)C(=O)N[C@@H](CC(C)C)C(=O)O. The van der Waals surface area contributed by atoms with E-state index >= 15 is 0 Å². The molecule has 14 N–H and O–H groups in total. The van der Waals surface area contributed by atoms with Crippen LogP contribution < -0.4 is 54.4 Å². The fraction of sp³-hybridized carbons (Fsp3) is 0.593. The van der Waals surface area contributed by atoms with Gasteiger partial charge in [-0.25, -0.2) is 4.79 Å². The molecule has 0 aromatic heterocycles. The van der Waals surface area contributed by atoms with Crippen LogP contribution in [0.3, 0.4) is 0 Å². The van der Waals surface area contributed by atoms with Crippen LogP contribution in [0.15, 0.2) is 69.4 Å². The topological polar surface area (TPSA) is 386 Å². The van der Waals surface area contributed by atoms with Crippen molar-refractivity contribution in [2.75, 3.05) is 30.9 Å². The van der Waals surface area contributed by atoms with Crippen LogP contribution in [0.25, 0.3) is 0 Å². The van der Waals surface area contributed by atoms with Gasteiger partial charge >= 0.3 is 16.2 Å². The van der Waals surface area contributed by atoms with Gasteiger partial charge in [0, 0.05) is 30.2 Å². The summed E-state index contributed by atoms with van der Waals surface area (Å²) in [7, 11) is -5.16. The number of guanidine groups is 1. The number of benzene rings is 2. The number of carboxylic acid groups (broad SMARTS) is 1. The summed E-state index contributed by atoms with van der Waals surface area (Å²) in [6, 6.07) is 2.24. The molecule has 456 valence electrons. The third-order valence-corrected chi connectivity index (χ3v) is 15.7. The molecule has 0 bridgehead atoms. The summed E-state index contributed by atoms with van der Waals surface area (Å²) >= 11 is 2.31. The third-order valence-electron chi connectivity index (χ3n) is 13.1. The maximum atomic E-state index is 14.7. The quantitative estimate of drug-likeness (QED) is 0.0153. The summed E-state index contributed by atoms with van der Waals surface area (Å²) in [5.74, 6) is -7.96. The van der Waals surface area contributed by atoms with Crippen LogP contribution in [0.4, 0.5) is 3.89 Å². The molecular formula is C54H83FN12O12S3. The lowest BCUT2D eigenvalue weighted by Gasteiger charge is -2.30. The zero-order valence-electron chi connectivity index (χ0n) is 47.8. The normalized spacial score (nSPS) is 16.3. The molecule has 1 heterocycles. The minimum atomic E-state index is -5.16. The standard InChI is InChI=1S/C54H83FN12O12S3/c1-30(2)25-39(47(70)64-40(27-34-15-10-9-11-16-34)48(71)65-41(53(76)77)26-31(3)4)63-49(72)42(29-81-35-17-12-18-36(28-35)82(55,78)79)66-46(69)37(19-13-22-59-54(57)58)61-50(73)43-20-14-23-67(43)52(75)33(7)60-45(68)38(21-24-80-8)62-51(74)44(56)32(5)6/h9-12,15-18,28,30-33,37-44H,13-14,19-27,29,56H2,1-8H3,(H,60,68)(H,61,73)(H,62,74)(H,63,72)(H,64,70)(H,65,71)(H,66,69)(H,76,77)(H4,57,58,59)/t33-,37-,38-,39-,40-,41-,42-,43-,44-/m0/s1. The number of halogens is 1. The lowest BCUT2D eigenvalue weighted by Crippen LogP contribution is -2.60. The number of carboxylic acids is 1. The van der Waals surface area contributed by atoms with E-state index in [2.05, 4.69) is 42.2 Å². The number of carbonyl (C=O) groups is 9. The minimum absolute atomic E-state index is 0.00287. The van der Waals surface area contributed by atoms with Gasteiger partial charge in [0.05, 0.1) is 10.9 Å². The Morgan fingerprint density at radius 1 is 0.707 bits per heavy atom. The van der Waals surface area contributed by atoms with E-state index in [1.54, 1.807) is 71.9 Å². The van der Waals surface area contributed by atoms with E-state index in [1.165, 1.54) is 35.7 Å². The van der Waals surface area contributed by atoms with Crippen molar-refractivity contribution in [2.45, 2.75) is 164 Å². The summed E-state index contributed by atoms with van der Waals surface area (Å²) in [6.45, 7) is 12.2. The number of thioether (sulfide) groups is 2. The molecule has 28 heteroatoms. The van der Waals surface area contributed by atoms with Gasteiger partial charge in [0.15, 0.2) is 5.96 Å². The third kappa shape index (κ3) is 23.8. The van der Waals surface area contributed by atoms with Crippen LogP contribution in [-0.4, -0.2) is 163 Å². The summed E-state index contributed by atoms with van der Waals surface area (Å²) in [4.78, 5) is 129. The molecule has 2 aromatic rings. The van der Waals surface area contributed by atoms with E-state index in [9.17, 15) is 60.6 Å². The molecule has 82 heavy (non-hydrogen) atoms. The predicted octanol–water partition coefficient (Wildman–Crippen LogP) is 1.05. The Hall–Kier alpha value is -6.52. The van der Waals surface area contributed by atoms with Crippen molar-refractivity contribution in [2.24, 2.45) is 39.9 Å². The van der Waals surface area contributed by atoms with Gasteiger partial charge in [-0.2, -0.15) is 20.2 Å².